The molecule has 0 bridgehead atoms. The molecule has 2 aromatic rings. The maximum Gasteiger partial charge on any atom is 0.304 e. The largest absolute Gasteiger partial charge is 0.481 e. The van der Waals surface area contributed by atoms with E-state index in [2.05, 4.69) is 31.6 Å². The first-order valence-corrected chi connectivity index (χ1v) is 17.2. The Morgan fingerprint density at radius 3 is 2.25 bits per heavy atom. The van der Waals surface area contributed by atoms with Crippen molar-refractivity contribution in [3.8, 4) is 0 Å². The maximum absolute atomic E-state index is 13.6. The SMILES string of the molecule is CN[C@@H](Cc1c[nH]c2ccccc12)C(=O)C[C@@H](CC(=O)O)C(=O)N1CCC[C@H]1C(=O)NCC(=O)NCC(=O)NCC(=O)N[C@@H](CCCCN)C(N)=O. The highest BCUT2D eigenvalue weighted by Gasteiger charge is 2.39. The predicted molar refractivity (Wildman–Crippen MR) is 188 cm³/mol. The zero-order valence-electron chi connectivity index (χ0n) is 29.2. The molecule has 1 saturated heterocycles. The third-order valence-corrected chi connectivity index (χ3v) is 8.83. The summed E-state index contributed by atoms with van der Waals surface area (Å²) in [4.78, 5) is 104. The highest BCUT2D eigenvalue weighted by Crippen LogP contribution is 2.25. The number of nitrogens with one attached hydrogen (secondary N) is 6. The second-order valence-corrected chi connectivity index (χ2v) is 12.6. The molecule has 0 unspecified atom stereocenters. The summed E-state index contributed by atoms with van der Waals surface area (Å²) in [6.45, 7) is -0.909. The monoisotopic (exact) mass is 727 g/mol. The van der Waals surface area contributed by atoms with Gasteiger partial charge in [0.1, 0.15) is 12.1 Å². The maximum atomic E-state index is 13.6. The molecule has 18 nitrogen and oxygen atoms in total. The summed E-state index contributed by atoms with van der Waals surface area (Å²) in [5, 5.41) is 23.0. The average Bonchev–Trinajstić information content (AvgIpc) is 3.77. The van der Waals surface area contributed by atoms with Crippen molar-refractivity contribution in [2.75, 3.05) is 39.8 Å². The zero-order chi connectivity index (χ0) is 38.2. The number of amides is 6. The van der Waals surface area contributed by atoms with Crippen molar-refractivity contribution in [2.45, 2.75) is 69.5 Å². The summed E-state index contributed by atoms with van der Waals surface area (Å²) in [6.07, 6.45) is 3.40. The van der Waals surface area contributed by atoms with Gasteiger partial charge in [-0.25, -0.2) is 0 Å². The summed E-state index contributed by atoms with van der Waals surface area (Å²) < 4.78 is 0. The Labute approximate surface area is 300 Å². The van der Waals surface area contributed by atoms with E-state index in [1.165, 1.54) is 4.90 Å². The van der Waals surface area contributed by atoms with Crippen LogP contribution in [-0.2, 0) is 44.8 Å². The number of likely N-dealkylation sites (N-methyl/N-ethyl adjacent to an activating group) is 1. The number of ketones is 1. The standard InChI is InChI=1S/C34H49N9O9/c1-37-25(13-21-16-38-23-8-3-2-7-22(21)23)27(44)14-20(15-31(48)49)34(52)43-12-6-10-26(43)33(51)41-18-29(46)39-17-28(45)40-19-30(47)42-24(32(36)50)9-4-5-11-35/h2-3,7-8,16,20,24-26,37-38H,4-6,9-15,17-19,35H2,1H3,(H2,36,50)(H,39,46)(H,40,45)(H,41,51)(H,42,47)(H,48,49)/t20-,24-,25-,26-/m0/s1. The molecule has 2 heterocycles. The van der Waals surface area contributed by atoms with Crippen LogP contribution in [0.4, 0.5) is 0 Å². The Morgan fingerprint density at radius 2 is 1.60 bits per heavy atom. The highest BCUT2D eigenvalue weighted by molar-refractivity contribution is 5.96. The van der Waals surface area contributed by atoms with Crippen LogP contribution in [0.2, 0.25) is 0 Å². The molecule has 1 aliphatic heterocycles. The number of benzene rings is 1. The van der Waals surface area contributed by atoms with Crippen LogP contribution in [-0.4, -0.2) is 120 Å². The van der Waals surface area contributed by atoms with Crippen LogP contribution in [0, 0.1) is 5.92 Å². The zero-order valence-corrected chi connectivity index (χ0v) is 29.2. The van der Waals surface area contributed by atoms with E-state index in [4.69, 9.17) is 11.5 Å². The molecular weight excluding hydrogens is 678 g/mol. The van der Waals surface area contributed by atoms with Gasteiger partial charge in [-0.2, -0.15) is 0 Å². The number of aliphatic carboxylic acids is 1. The number of fused-ring (bicyclic) bond motifs is 1. The number of nitrogens with two attached hydrogens (primary N) is 2. The fourth-order valence-corrected chi connectivity index (χ4v) is 6.07. The van der Waals surface area contributed by atoms with Gasteiger partial charge in [-0.05, 0) is 63.7 Å². The van der Waals surface area contributed by atoms with Crippen LogP contribution in [0.5, 0.6) is 0 Å². The van der Waals surface area contributed by atoms with Crippen LogP contribution in [0.3, 0.4) is 0 Å². The van der Waals surface area contributed by atoms with E-state index in [0.29, 0.717) is 38.6 Å². The third kappa shape index (κ3) is 12.4. The molecule has 1 aliphatic rings. The molecule has 18 heteroatoms. The van der Waals surface area contributed by atoms with E-state index in [0.717, 1.165) is 16.5 Å². The second-order valence-electron chi connectivity index (χ2n) is 12.6. The first-order chi connectivity index (χ1) is 24.8. The normalized spacial score (nSPS) is 15.7. The fraction of sp³-hybridized carbons (Fsp3) is 0.529. The lowest BCUT2D eigenvalue weighted by molar-refractivity contribution is -0.148. The molecule has 11 N–H and O–H groups in total. The number of aromatic nitrogens is 1. The number of Topliss-reactive ketones (excluding diaryl/α,β-unsaturated/α-hetero) is 1. The van der Waals surface area contributed by atoms with Crippen molar-refractivity contribution >= 4 is 58.1 Å². The molecule has 6 amide bonds. The van der Waals surface area contributed by atoms with Crippen LogP contribution in [0.25, 0.3) is 10.9 Å². The lowest BCUT2D eigenvalue weighted by atomic mass is 9.91. The molecule has 3 rings (SSSR count). The van der Waals surface area contributed by atoms with Crippen molar-refractivity contribution in [2.24, 2.45) is 17.4 Å². The number of hydrogen-bond donors (Lipinski definition) is 9. The van der Waals surface area contributed by atoms with Gasteiger partial charge in [0.2, 0.25) is 35.4 Å². The molecule has 1 fully saturated rings. The van der Waals surface area contributed by atoms with E-state index in [9.17, 15) is 43.5 Å². The third-order valence-electron chi connectivity index (χ3n) is 8.83. The number of unbranched alkanes of at least 4 members (excludes halogenated alkanes) is 1. The summed E-state index contributed by atoms with van der Waals surface area (Å²) in [5.74, 6) is -6.91. The van der Waals surface area contributed by atoms with Gasteiger partial charge >= 0.3 is 5.97 Å². The average molecular weight is 728 g/mol. The van der Waals surface area contributed by atoms with Crippen molar-refractivity contribution in [3.05, 3.63) is 36.0 Å². The van der Waals surface area contributed by atoms with Gasteiger partial charge in [0.25, 0.3) is 0 Å². The Morgan fingerprint density at radius 1 is 0.923 bits per heavy atom. The number of carboxylic acids is 1. The predicted octanol–water partition coefficient (Wildman–Crippen LogP) is -2.21. The van der Waals surface area contributed by atoms with Gasteiger partial charge in [-0.1, -0.05) is 18.2 Å². The van der Waals surface area contributed by atoms with Crippen LogP contribution >= 0.6 is 0 Å². The molecule has 52 heavy (non-hydrogen) atoms. The minimum atomic E-state index is -1.27. The van der Waals surface area contributed by atoms with E-state index in [1.54, 1.807) is 7.05 Å². The molecule has 0 saturated carbocycles. The van der Waals surface area contributed by atoms with E-state index >= 15 is 0 Å². The fourth-order valence-electron chi connectivity index (χ4n) is 6.07. The Hall–Kier alpha value is -5.36. The van der Waals surface area contributed by atoms with E-state index in [1.807, 2.05) is 30.5 Å². The quantitative estimate of drug-likeness (QED) is 0.0586. The van der Waals surface area contributed by atoms with Crippen LogP contribution < -0.4 is 38.1 Å². The number of hydrogen-bond acceptors (Lipinski definition) is 10. The Bertz CT molecular complexity index is 1610. The Kier molecular flexibility index (Phi) is 16.2. The van der Waals surface area contributed by atoms with Crippen molar-refractivity contribution < 1.29 is 43.5 Å². The van der Waals surface area contributed by atoms with E-state index in [-0.39, 0.29) is 25.2 Å². The number of carbonyl (C=O) groups is 8. The molecule has 0 spiro atoms. The smallest absolute Gasteiger partial charge is 0.304 e. The minimum Gasteiger partial charge on any atom is -0.481 e. The molecular formula is C34H49N9O9. The van der Waals surface area contributed by atoms with Crippen molar-refractivity contribution in [1.29, 1.82) is 0 Å². The van der Waals surface area contributed by atoms with Gasteiger partial charge < -0.3 is 53.0 Å². The van der Waals surface area contributed by atoms with Gasteiger partial charge in [0.05, 0.1) is 38.0 Å². The molecule has 1 aromatic heterocycles. The summed E-state index contributed by atoms with van der Waals surface area (Å²) in [5.41, 5.74) is 12.5. The minimum absolute atomic E-state index is 0.167. The first kappa shape index (κ1) is 41.1. The highest BCUT2D eigenvalue weighted by atomic mass is 16.4. The van der Waals surface area contributed by atoms with Crippen LogP contribution in [0.15, 0.2) is 30.5 Å². The van der Waals surface area contributed by atoms with Gasteiger partial charge in [-0.3, -0.25) is 38.4 Å². The van der Waals surface area contributed by atoms with Crippen LogP contribution in [0.1, 0.15) is 50.5 Å². The number of likely N-dealkylation sites (tertiary alicyclic amines) is 1. The van der Waals surface area contributed by atoms with Crippen molar-refractivity contribution in [3.63, 3.8) is 0 Å². The van der Waals surface area contributed by atoms with Gasteiger partial charge in [0.15, 0.2) is 5.78 Å². The number of para-hydroxylation sites is 1. The topological polar surface area (TPSA) is 288 Å². The number of aromatic amines is 1. The molecule has 284 valence electrons. The van der Waals surface area contributed by atoms with Gasteiger partial charge in [0, 0.05) is 30.1 Å². The number of carbonyl (C=O) groups excluding carboxylic acids is 7. The molecule has 0 aliphatic carbocycles. The lowest BCUT2D eigenvalue weighted by Gasteiger charge is -2.28. The number of rotatable bonds is 22. The summed E-state index contributed by atoms with van der Waals surface area (Å²) in [6, 6.07) is 5.02. The van der Waals surface area contributed by atoms with Gasteiger partial charge in [-0.15, -0.1) is 0 Å². The Balaban J connectivity index is 1.48. The molecule has 4 atom stereocenters. The number of primary amides is 1. The molecule has 0 radical (unpaired) electrons. The lowest BCUT2D eigenvalue weighted by Crippen LogP contribution is -2.51. The number of nitrogens with zero attached hydrogens (tertiary/aromatic N) is 1. The summed E-state index contributed by atoms with van der Waals surface area (Å²) in [7, 11) is 1.61. The van der Waals surface area contributed by atoms with Crippen molar-refractivity contribution in [1.82, 2.24) is 36.5 Å². The summed E-state index contributed by atoms with van der Waals surface area (Å²) >= 11 is 0. The number of H-pyrrole nitrogens is 1. The molecule has 1 aromatic carbocycles. The first-order valence-electron chi connectivity index (χ1n) is 17.2. The van der Waals surface area contributed by atoms with E-state index < -0.39 is 91.5 Å². The second kappa shape index (κ2) is 20.5. The number of carboxylic acid groups (broad SMARTS) is 1.